The quantitative estimate of drug-likeness (QED) is 0.663. The van der Waals surface area contributed by atoms with Crippen LogP contribution in [0.1, 0.15) is 58.8 Å². The summed E-state index contributed by atoms with van der Waals surface area (Å²) in [5, 5.41) is 5.72. The minimum absolute atomic E-state index is 0.0290. The Morgan fingerprint density at radius 2 is 2.05 bits per heavy atom. The monoisotopic (exact) mass is 268 g/mol. The third kappa shape index (κ3) is 7.19. The van der Waals surface area contributed by atoms with Crippen LogP contribution in [0.3, 0.4) is 0 Å². The number of amides is 2. The summed E-state index contributed by atoms with van der Waals surface area (Å²) in [4.78, 5) is 22.8. The molecule has 0 aromatic carbocycles. The first-order chi connectivity index (χ1) is 9.09. The lowest BCUT2D eigenvalue weighted by atomic mass is 9.98. The first-order valence-corrected chi connectivity index (χ1v) is 7.64. The normalized spacial score (nSPS) is 19.3. The molecule has 0 aromatic heterocycles. The summed E-state index contributed by atoms with van der Waals surface area (Å²) in [6, 6.07) is 0. The molecule has 0 saturated carbocycles. The maximum atomic E-state index is 11.8. The molecule has 0 spiro atoms. The number of rotatable bonds is 8. The van der Waals surface area contributed by atoms with Crippen molar-refractivity contribution in [3.05, 3.63) is 0 Å². The van der Waals surface area contributed by atoms with Gasteiger partial charge in [-0.15, -0.1) is 0 Å². The lowest BCUT2D eigenvalue weighted by Gasteiger charge is -2.21. The van der Waals surface area contributed by atoms with Crippen molar-refractivity contribution in [2.75, 3.05) is 13.1 Å². The molecule has 19 heavy (non-hydrogen) atoms. The van der Waals surface area contributed by atoms with Gasteiger partial charge in [0.25, 0.3) is 0 Å². The van der Waals surface area contributed by atoms with Crippen LogP contribution >= 0.6 is 0 Å². The first-order valence-electron chi connectivity index (χ1n) is 7.64. The Hall–Kier alpha value is -1.06. The van der Waals surface area contributed by atoms with Crippen LogP contribution in [-0.2, 0) is 9.59 Å². The van der Waals surface area contributed by atoms with Gasteiger partial charge >= 0.3 is 0 Å². The van der Waals surface area contributed by atoms with Gasteiger partial charge in [-0.3, -0.25) is 9.59 Å². The molecular weight excluding hydrogens is 240 g/mol. The van der Waals surface area contributed by atoms with E-state index in [0.717, 1.165) is 18.9 Å². The van der Waals surface area contributed by atoms with E-state index in [4.69, 9.17) is 0 Å². The highest BCUT2D eigenvalue weighted by molar-refractivity contribution is 5.83. The Balaban J connectivity index is 1.97. The van der Waals surface area contributed by atoms with E-state index in [1.165, 1.54) is 25.7 Å². The summed E-state index contributed by atoms with van der Waals surface area (Å²) in [7, 11) is 0. The van der Waals surface area contributed by atoms with Gasteiger partial charge in [-0.1, -0.05) is 39.5 Å². The standard InChI is InChI=1S/C15H28N2O2/c1-12(2)7-5-3-4-6-10-16-15(19)13-8-9-14(18)17-11-13/h12-13H,3-11H2,1-2H3,(H,16,19)(H,17,18). The molecular formula is C15H28N2O2. The molecule has 110 valence electrons. The van der Waals surface area contributed by atoms with Gasteiger partial charge in [0.05, 0.1) is 5.92 Å². The molecule has 1 unspecified atom stereocenters. The zero-order valence-electron chi connectivity index (χ0n) is 12.3. The van der Waals surface area contributed by atoms with Gasteiger partial charge in [-0.05, 0) is 18.8 Å². The molecule has 1 saturated heterocycles. The van der Waals surface area contributed by atoms with Crippen molar-refractivity contribution in [3.63, 3.8) is 0 Å². The highest BCUT2D eigenvalue weighted by Crippen LogP contribution is 2.11. The number of hydrogen-bond acceptors (Lipinski definition) is 2. The largest absolute Gasteiger partial charge is 0.356 e. The highest BCUT2D eigenvalue weighted by Gasteiger charge is 2.23. The molecule has 1 aliphatic rings. The molecule has 1 aliphatic heterocycles. The minimum Gasteiger partial charge on any atom is -0.356 e. The van der Waals surface area contributed by atoms with Gasteiger partial charge < -0.3 is 10.6 Å². The molecule has 0 aliphatic carbocycles. The zero-order valence-corrected chi connectivity index (χ0v) is 12.3. The molecule has 0 radical (unpaired) electrons. The summed E-state index contributed by atoms with van der Waals surface area (Å²) in [6.07, 6.45) is 7.26. The number of carbonyl (C=O) groups excluding carboxylic acids is 2. The van der Waals surface area contributed by atoms with Gasteiger partial charge in [-0.2, -0.15) is 0 Å². The van der Waals surface area contributed by atoms with Gasteiger partial charge in [0.1, 0.15) is 0 Å². The van der Waals surface area contributed by atoms with Crippen molar-refractivity contribution >= 4 is 11.8 Å². The fraction of sp³-hybridized carbons (Fsp3) is 0.867. The molecule has 0 aromatic rings. The topological polar surface area (TPSA) is 58.2 Å². The Bertz CT molecular complexity index is 280. The van der Waals surface area contributed by atoms with E-state index in [1.807, 2.05) is 0 Å². The number of carbonyl (C=O) groups is 2. The van der Waals surface area contributed by atoms with Crippen LogP contribution in [0.15, 0.2) is 0 Å². The third-order valence-corrected chi connectivity index (χ3v) is 3.64. The second kappa shape index (κ2) is 8.94. The number of unbranched alkanes of at least 4 members (excludes halogenated alkanes) is 3. The molecule has 1 heterocycles. The second-order valence-corrected chi connectivity index (χ2v) is 5.93. The average Bonchev–Trinajstić information content (AvgIpc) is 2.38. The fourth-order valence-corrected chi connectivity index (χ4v) is 2.34. The molecule has 1 atom stereocenters. The number of piperidine rings is 1. The SMILES string of the molecule is CC(C)CCCCCCNC(=O)C1CCC(=O)NC1. The summed E-state index contributed by atoms with van der Waals surface area (Å²) in [5.41, 5.74) is 0. The van der Waals surface area contributed by atoms with E-state index >= 15 is 0 Å². The summed E-state index contributed by atoms with van der Waals surface area (Å²) < 4.78 is 0. The second-order valence-electron chi connectivity index (χ2n) is 5.93. The fourth-order valence-electron chi connectivity index (χ4n) is 2.34. The molecule has 4 heteroatoms. The molecule has 2 N–H and O–H groups in total. The van der Waals surface area contributed by atoms with Crippen molar-refractivity contribution in [2.45, 2.75) is 58.8 Å². The van der Waals surface area contributed by atoms with Gasteiger partial charge in [0.15, 0.2) is 0 Å². The molecule has 1 fully saturated rings. The Labute approximate surface area is 116 Å². The Morgan fingerprint density at radius 3 is 2.68 bits per heavy atom. The van der Waals surface area contributed by atoms with Crippen LogP contribution in [0.2, 0.25) is 0 Å². The van der Waals surface area contributed by atoms with Crippen LogP contribution < -0.4 is 10.6 Å². The van der Waals surface area contributed by atoms with E-state index in [2.05, 4.69) is 24.5 Å². The highest BCUT2D eigenvalue weighted by atomic mass is 16.2. The number of nitrogens with one attached hydrogen (secondary N) is 2. The average molecular weight is 268 g/mol. The van der Waals surface area contributed by atoms with Crippen LogP contribution in [-0.4, -0.2) is 24.9 Å². The van der Waals surface area contributed by atoms with Crippen LogP contribution in [0.5, 0.6) is 0 Å². The number of hydrogen-bond donors (Lipinski definition) is 2. The van der Waals surface area contributed by atoms with Crippen molar-refractivity contribution in [1.82, 2.24) is 10.6 Å². The maximum Gasteiger partial charge on any atom is 0.224 e. The van der Waals surface area contributed by atoms with Crippen molar-refractivity contribution in [1.29, 1.82) is 0 Å². The first kappa shape index (κ1) is 16.0. The molecule has 4 nitrogen and oxygen atoms in total. The smallest absolute Gasteiger partial charge is 0.224 e. The van der Waals surface area contributed by atoms with E-state index in [1.54, 1.807) is 0 Å². The zero-order chi connectivity index (χ0) is 14.1. The van der Waals surface area contributed by atoms with Crippen LogP contribution in [0.25, 0.3) is 0 Å². The van der Waals surface area contributed by atoms with Crippen molar-refractivity contribution in [2.24, 2.45) is 11.8 Å². The van der Waals surface area contributed by atoms with Crippen LogP contribution in [0.4, 0.5) is 0 Å². The predicted molar refractivity (Wildman–Crippen MR) is 76.7 cm³/mol. The maximum absolute atomic E-state index is 11.8. The van der Waals surface area contributed by atoms with Gasteiger partial charge in [0, 0.05) is 19.5 Å². The molecule has 0 bridgehead atoms. The Morgan fingerprint density at radius 1 is 1.32 bits per heavy atom. The van der Waals surface area contributed by atoms with E-state index in [0.29, 0.717) is 19.4 Å². The lowest BCUT2D eigenvalue weighted by molar-refractivity contribution is -0.128. The van der Waals surface area contributed by atoms with Gasteiger partial charge in [-0.25, -0.2) is 0 Å². The van der Waals surface area contributed by atoms with E-state index in [-0.39, 0.29) is 17.7 Å². The molecule has 2 amide bonds. The summed E-state index contributed by atoms with van der Waals surface area (Å²) in [5.74, 6) is 0.927. The van der Waals surface area contributed by atoms with Crippen molar-refractivity contribution in [3.8, 4) is 0 Å². The third-order valence-electron chi connectivity index (χ3n) is 3.64. The van der Waals surface area contributed by atoms with Gasteiger partial charge in [0.2, 0.25) is 11.8 Å². The summed E-state index contributed by atoms with van der Waals surface area (Å²) in [6.45, 7) is 5.77. The Kier molecular flexibility index (Phi) is 7.53. The summed E-state index contributed by atoms with van der Waals surface area (Å²) >= 11 is 0. The van der Waals surface area contributed by atoms with Crippen molar-refractivity contribution < 1.29 is 9.59 Å². The predicted octanol–water partition coefficient (Wildman–Crippen LogP) is 2.24. The van der Waals surface area contributed by atoms with Crippen LogP contribution in [0, 0.1) is 11.8 Å². The minimum atomic E-state index is -0.0290. The lowest BCUT2D eigenvalue weighted by Crippen LogP contribution is -2.43. The van der Waals surface area contributed by atoms with E-state index < -0.39 is 0 Å². The molecule has 1 rings (SSSR count). The van der Waals surface area contributed by atoms with E-state index in [9.17, 15) is 9.59 Å².